The van der Waals surface area contributed by atoms with Gasteiger partial charge < -0.3 is 14.4 Å². The van der Waals surface area contributed by atoms with Crippen LogP contribution in [0.4, 0.5) is 0 Å². The lowest BCUT2D eigenvalue weighted by atomic mass is 10.0. The Morgan fingerprint density at radius 2 is 1.91 bits per heavy atom. The largest absolute Gasteiger partial charge is 0.497 e. The van der Waals surface area contributed by atoms with Crippen LogP contribution in [0.25, 0.3) is 0 Å². The number of hydrogen-bond acceptors (Lipinski definition) is 5. The van der Waals surface area contributed by atoms with Crippen molar-refractivity contribution in [2.45, 2.75) is 12.5 Å². The Labute approximate surface area is 136 Å². The second-order valence-electron chi connectivity index (χ2n) is 5.41. The van der Waals surface area contributed by atoms with Gasteiger partial charge in [0.2, 0.25) is 15.9 Å². The van der Waals surface area contributed by atoms with Gasteiger partial charge in [0.05, 0.1) is 32.6 Å². The topological polar surface area (TPSA) is 84.9 Å². The van der Waals surface area contributed by atoms with Gasteiger partial charge in [-0.05, 0) is 17.7 Å². The van der Waals surface area contributed by atoms with Gasteiger partial charge >= 0.3 is 0 Å². The maximum atomic E-state index is 12.4. The molecule has 0 aliphatic carbocycles. The average molecular weight is 342 g/mol. The van der Waals surface area contributed by atoms with Crippen molar-refractivity contribution >= 4 is 15.9 Å². The van der Waals surface area contributed by atoms with Crippen molar-refractivity contribution in [3.63, 3.8) is 0 Å². The summed E-state index contributed by atoms with van der Waals surface area (Å²) in [5.74, 6) is 0.580. The van der Waals surface area contributed by atoms with Crippen LogP contribution in [-0.4, -0.2) is 58.9 Å². The Kier molecular flexibility index (Phi) is 5.97. The van der Waals surface area contributed by atoms with E-state index in [1.165, 1.54) is 0 Å². The number of ether oxygens (including phenoxy) is 2. The highest BCUT2D eigenvalue weighted by atomic mass is 32.2. The van der Waals surface area contributed by atoms with Crippen LogP contribution in [0.3, 0.4) is 0 Å². The van der Waals surface area contributed by atoms with E-state index in [1.807, 2.05) is 0 Å². The normalized spacial score (nSPS) is 16.9. The molecule has 1 aliphatic rings. The summed E-state index contributed by atoms with van der Waals surface area (Å²) in [7, 11) is -1.88. The summed E-state index contributed by atoms with van der Waals surface area (Å²) in [5.41, 5.74) is 0.720. The van der Waals surface area contributed by atoms with E-state index in [9.17, 15) is 13.2 Å². The van der Waals surface area contributed by atoms with Gasteiger partial charge in [-0.15, -0.1) is 0 Å². The fraction of sp³-hybridized carbons (Fsp3) is 0.533. The van der Waals surface area contributed by atoms with Crippen LogP contribution in [0.2, 0.25) is 0 Å². The molecule has 1 saturated heterocycles. The van der Waals surface area contributed by atoms with Crippen LogP contribution in [0.1, 0.15) is 18.0 Å². The number of sulfonamides is 1. The Hall–Kier alpha value is -1.64. The van der Waals surface area contributed by atoms with Crippen molar-refractivity contribution in [2.24, 2.45) is 0 Å². The van der Waals surface area contributed by atoms with Crippen LogP contribution in [0.5, 0.6) is 5.75 Å². The molecule has 1 unspecified atom stereocenters. The zero-order valence-corrected chi connectivity index (χ0v) is 14.1. The zero-order chi connectivity index (χ0) is 16.9. The van der Waals surface area contributed by atoms with Gasteiger partial charge in [0.1, 0.15) is 5.75 Å². The fourth-order valence-electron chi connectivity index (χ4n) is 2.44. The predicted octanol–water partition coefficient (Wildman–Crippen LogP) is 0.534. The summed E-state index contributed by atoms with van der Waals surface area (Å²) in [6.45, 7) is 2.09. The number of methoxy groups -OCH3 is 1. The number of rotatable bonds is 6. The van der Waals surface area contributed by atoms with Gasteiger partial charge in [-0.2, -0.15) is 0 Å². The average Bonchev–Trinajstić information content (AvgIpc) is 2.54. The Balaban J connectivity index is 2.14. The number of amides is 1. The SMILES string of the molecule is COc1ccc(C(CC(=O)N2CCOCC2)NS(C)(=O)=O)cc1. The smallest absolute Gasteiger partial charge is 0.224 e. The molecule has 2 rings (SSSR count). The van der Waals surface area contributed by atoms with Crippen molar-refractivity contribution in [1.29, 1.82) is 0 Å². The molecule has 0 saturated carbocycles. The molecule has 1 N–H and O–H groups in total. The number of hydrogen-bond donors (Lipinski definition) is 1. The number of morpholine rings is 1. The lowest BCUT2D eigenvalue weighted by Gasteiger charge is -2.28. The van der Waals surface area contributed by atoms with Crippen molar-refractivity contribution in [1.82, 2.24) is 9.62 Å². The molecule has 1 heterocycles. The van der Waals surface area contributed by atoms with Crippen molar-refractivity contribution in [2.75, 3.05) is 39.7 Å². The molecule has 1 fully saturated rings. The molecule has 1 aromatic rings. The maximum absolute atomic E-state index is 12.4. The number of carbonyl (C=O) groups is 1. The van der Waals surface area contributed by atoms with Gasteiger partial charge in [0.25, 0.3) is 0 Å². The van der Waals surface area contributed by atoms with Gasteiger partial charge in [0.15, 0.2) is 0 Å². The molecule has 1 aliphatic heterocycles. The van der Waals surface area contributed by atoms with Gasteiger partial charge in [-0.25, -0.2) is 13.1 Å². The molecule has 0 radical (unpaired) electrons. The summed E-state index contributed by atoms with van der Waals surface area (Å²) >= 11 is 0. The highest BCUT2D eigenvalue weighted by Gasteiger charge is 2.24. The van der Waals surface area contributed by atoms with E-state index >= 15 is 0 Å². The van der Waals surface area contributed by atoms with Crippen LogP contribution in [-0.2, 0) is 19.6 Å². The highest BCUT2D eigenvalue weighted by Crippen LogP contribution is 2.22. The lowest BCUT2D eigenvalue weighted by molar-refractivity contribution is -0.135. The van der Waals surface area contributed by atoms with Crippen molar-refractivity contribution in [3.8, 4) is 5.75 Å². The molecule has 23 heavy (non-hydrogen) atoms. The molecule has 0 spiro atoms. The van der Waals surface area contributed by atoms with E-state index in [2.05, 4.69) is 4.72 Å². The lowest BCUT2D eigenvalue weighted by Crippen LogP contribution is -2.42. The number of carbonyl (C=O) groups excluding carboxylic acids is 1. The molecule has 0 aromatic heterocycles. The van der Waals surface area contributed by atoms with Gasteiger partial charge in [0, 0.05) is 19.5 Å². The molecule has 0 bridgehead atoms. The molecular weight excluding hydrogens is 320 g/mol. The van der Waals surface area contributed by atoms with E-state index in [1.54, 1.807) is 36.3 Å². The minimum absolute atomic E-state index is 0.0688. The minimum Gasteiger partial charge on any atom is -0.497 e. The van der Waals surface area contributed by atoms with E-state index in [0.29, 0.717) is 32.1 Å². The van der Waals surface area contributed by atoms with Crippen molar-refractivity contribution in [3.05, 3.63) is 29.8 Å². The first kappa shape index (κ1) is 17.7. The third-order valence-corrected chi connectivity index (χ3v) is 4.33. The Morgan fingerprint density at radius 3 is 2.43 bits per heavy atom. The van der Waals surface area contributed by atoms with Crippen LogP contribution < -0.4 is 9.46 Å². The molecular formula is C15H22N2O5S. The molecule has 8 heteroatoms. The standard InChI is InChI=1S/C15H22N2O5S/c1-21-13-5-3-12(4-6-13)14(16-23(2,19)20)11-15(18)17-7-9-22-10-8-17/h3-6,14,16H,7-11H2,1-2H3. The minimum atomic E-state index is -3.44. The third-order valence-electron chi connectivity index (χ3n) is 3.62. The van der Waals surface area contributed by atoms with Crippen LogP contribution >= 0.6 is 0 Å². The number of nitrogens with zero attached hydrogens (tertiary/aromatic N) is 1. The van der Waals surface area contributed by atoms with Crippen LogP contribution in [0.15, 0.2) is 24.3 Å². The monoisotopic (exact) mass is 342 g/mol. The highest BCUT2D eigenvalue weighted by molar-refractivity contribution is 7.88. The first-order chi connectivity index (χ1) is 10.9. The molecule has 128 valence electrons. The number of nitrogens with one attached hydrogen (secondary N) is 1. The zero-order valence-electron chi connectivity index (χ0n) is 13.3. The van der Waals surface area contributed by atoms with Gasteiger partial charge in [-0.1, -0.05) is 12.1 Å². The van der Waals surface area contributed by atoms with E-state index < -0.39 is 16.1 Å². The van der Waals surface area contributed by atoms with E-state index in [4.69, 9.17) is 9.47 Å². The van der Waals surface area contributed by atoms with E-state index in [0.717, 1.165) is 11.8 Å². The third kappa shape index (κ3) is 5.49. The molecule has 7 nitrogen and oxygen atoms in total. The first-order valence-electron chi connectivity index (χ1n) is 7.36. The van der Waals surface area contributed by atoms with Gasteiger partial charge in [-0.3, -0.25) is 4.79 Å². The summed E-state index contributed by atoms with van der Waals surface area (Å²) in [4.78, 5) is 14.1. The molecule has 1 amide bonds. The van der Waals surface area contributed by atoms with E-state index in [-0.39, 0.29) is 12.3 Å². The number of benzene rings is 1. The predicted molar refractivity (Wildman–Crippen MR) is 85.7 cm³/mol. The quantitative estimate of drug-likeness (QED) is 0.815. The van der Waals surface area contributed by atoms with Crippen LogP contribution in [0, 0.1) is 0 Å². The summed E-state index contributed by atoms with van der Waals surface area (Å²) in [6.07, 6.45) is 1.15. The Morgan fingerprint density at radius 1 is 1.30 bits per heavy atom. The molecule has 1 aromatic carbocycles. The Bertz CT molecular complexity index is 624. The first-order valence-corrected chi connectivity index (χ1v) is 9.25. The summed E-state index contributed by atoms with van der Waals surface area (Å²) in [6, 6.07) is 6.39. The molecule has 1 atom stereocenters. The maximum Gasteiger partial charge on any atom is 0.224 e. The fourth-order valence-corrected chi connectivity index (χ4v) is 3.17. The summed E-state index contributed by atoms with van der Waals surface area (Å²) in [5, 5.41) is 0. The van der Waals surface area contributed by atoms with Crippen molar-refractivity contribution < 1.29 is 22.7 Å². The second-order valence-corrected chi connectivity index (χ2v) is 7.19. The summed E-state index contributed by atoms with van der Waals surface area (Å²) < 4.78 is 36.1. The second kappa shape index (κ2) is 7.76.